The molecule has 2 atom stereocenters. The molecule has 0 bridgehead atoms. The zero-order valence-corrected chi connectivity index (χ0v) is 11.4. The molecule has 1 saturated heterocycles. The molecule has 0 radical (unpaired) electrons. The largest absolute Gasteiger partial charge is 0.480 e. The Kier molecular flexibility index (Phi) is 4.74. The first-order valence-electron chi connectivity index (χ1n) is 6.93. The van der Waals surface area contributed by atoms with Gasteiger partial charge < -0.3 is 15.7 Å². The van der Waals surface area contributed by atoms with Crippen molar-refractivity contribution >= 4 is 11.9 Å². The number of hydrogen-bond donors (Lipinski definition) is 2. The van der Waals surface area contributed by atoms with Crippen LogP contribution < -0.4 is 5.73 Å². The summed E-state index contributed by atoms with van der Waals surface area (Å²) in [5.74, 6) is -1.57. The van der Waals surface area contributed by atoms with Gasteiger partial charge in [-0.3, -0.25) is 4.79 Å². The number of carbonyl (C=O) groups excluding carboxylic acids is 1. The fourth-order valence-corrected chi connectivity index (χ4v) is 2.72. The van der Waals surface area contributed by atoms with E-state index in [-0.39, 0.29) is 12.5 Å². The van der Waals surface area contributed by atoms with Gasteiger partial charge in [0.1, 0.15) is 6.04 Å². The molecule has 2 rings (SSSR count). The van der Waals surface area contributed by atoms with Crippen molar-refractivity contribution < 1.29 is 14.7 Å². The Labute approximate surface area is 118 Å². The summed E-state index contributed by atoms with van der Waals surface area (Å²) in [7, 11) is 0. The second-order valence-electron chi connectivity index (χ2n) is 5.08. The number of aliphatic carboxylic acids is 1. The van der Waals surface area contributed by atoms with Crippen molar-refractivity contribution in [1.82, 2.24) is 4.90 Å². The molecule has 20 heavy (non-hydrogen) atoms. The fourth-order valence-electron chi connectivity index (χ4n) is 2.72. The lowest BCUT2D eigenvalue weighted by atomic mass is 9.94. The van der Waals surface area contributed by atoms with E-state index >= 15 is 0 Å². The molecule has 0 aromatic heterocycles. The Bertz CT molecular complexity index is 475. The second-order valence-corrected chi connectivity index (χ2v) is 5.08. The number of piperidine rings is 1. The molecule has 3 N–H and O–H groups in total. The fraction of sp³-hybridized carbons (Fsp3) is 0.467. The van der Waals surface area contributed by atoms with E-state index < -0.39 is 17.9 Å². The van der Waals surface area contributed by atoms with Crippen molar-refractivity contribution in [3.63, 3.8) is 0 Å². The topological polar surface area (TPSA) is 83.6 Å². The van der Waals surface area contributed by atoms with Crippen LogP contribution in [0, 0.1) is 0 Å². The Balaban J connectivity index is 2.21. The zero-order valence-electron chi connectivity index (χ0n) is 11.4. The van der Waals surface area contributed by atoms with Crippen molar-refractivity contribution in [1.29, 1.82) is 0 Å². The number of nitrogens with zero attached hydrogens (tertiary/aromatic N) is 1. The third-order valence-electron chi connectivity index (χ3n) is 3.81. The van der Waals surface area contributed by atoms with Gasteiger partial charge in [-0.15, -0.1) is 0 Å². The molecule has 1 amide bonds. The number of nitrogens with two attached hydrogens (primary N) is 1. The molecule has 1 aromatic carbocycles. The van der Waals surface area contributed by atoms with Crippen LogP contribution in [0.15, 0.2) is 30.3 Å². The summed E-state index contributed by atoms with van der Waals surface area (Å²) in [6.45, 7) is 0.685. The molecule has 1 unspecified atom stereocenters. The van der Waals surface area contributed by atoms with Gasteiger partial charge in [0, 0.05) is 13.1 Å². The van der Waals surface area contributed by atoms with Gasteiger partial charge in [-0.1, -0.05) is 30.3 Å². The van der Waals surface area contributed by atoms with Crippen LogP contribution in [-0.4, -0.2) is 41.0 Å². The predicted octanol–water partition coefficient (Wildman–Crippen LogP) is 1.19. The van der Waals surface area contributed by atoms with E-state index in [4.69, 9.17) is 5.73 Å². The first-order chi connectivity index (χ1) is 9.65. The summed E-state index contributed by atoms with van der Waals surface area (Å²) in [4.78, 5) is 25.4. The Morgan fingerprint density at radius 3 is 2.60 bits per heavy atom. The highest BCUT2D eigenvalue weighted by Gasteiger charge is 2.35. The molecular weight excluding hydrogens is 256 g/mol. The molecule has 5 heteroatoms. The molecule has 1 fully saturated rings. The maximum Gasteiger partial charge on any atom is 0.326 e. The third-order valence-corrected chi connectivity index (χ3v) is 3.81. The summed E-state index contributed by atoms with van der Waals surface area (Å²) < 4.78 is 0. The Morgan fingerprint density at radius 2 is 2.00 bits per heavy atom. The van der Waals surface area contributed by atoms with Gasteiger partial charge in [0.2, 0.25) is 5.91 Å². The summed E-state index contributed by atoms with van der Waals surface area (Å²) in [6, 6.07) is 8.59. The second kappa shape index (κ2) is 6.52. The van der Waals surface area contributed by atoms with E-state index in [1.807, 2.05) is 30.3 Å². The summed E-state index contributed by atoms with van der Waals surface area (Å²) >= 11 is 0. The van der Waals surface area contributed by atoms with Gasteiger partial charge in [0.05, 0.1) is 5.92 Å². The van der Waals surface area contributed by atoms with Crippen LogP contribution >= 0.6 is 0 Å². The lowest BCUT2D eigenvalue weighted by Crippen LogP contribution is -2.50. The molecule has 0 spiro atoms. The first-order valence-corrected chi connectivity index (χ1v) is 6.93. The van der Waals surface area contributed by atoms with E-state index in [0.717, 1.165) is 18.4 Å². The van der Waals surface area contributed by atoms with Crippen LogP contribution in [0.3, 0.4) is 0 Å². The molecule has 5 nitrogen and oxygen atoms in total. The van der Waals surface area contributed by atoms with Crippen LogP contribution in [0.2, 0.25) is 0 Å². The number of carboxylic acids is 1. The number of amides is 1. The average Bonchev–Trinajstić information content (AvgIpc) is 2.49. The van der Waals surface area contributed by atoms with Crippen molar-refractivity contribution in [3.8, 4) is 0 Å². The number of rotatable bonds is 4. The van der Waals surface area contributed by atoms with Crippen LogP contribution in [-0.2, 0) is 9.59 Å². The maximum atomic E-state index is 12.6. The lowest BCUT2D eigenvalue weighted by Gasteiger charge is -2.35. The SMILES string of the molecule is NCC(C(=O)N1CCCC[C@H]1C(=O)O)c1ccccc1. The van der Waals surface area contributed by atoms with Gasteiger partial charge in [-0.2, -0.15) is 0 Å². The first kappa shape index (κ1) is 14.5. The molecule has 108 valence electrons. The van der Waals surface area contributed by atoms with Crippen LogP contribution in [0.1, 0.15) is 30.7 Å². The Morgan fingerprint density at radius 1 is 1.30 bits per heavy atom. The number of hydrogen-bond acceptors (Lipinski definition) is 3. The molecule has 1 aromatic rings. The minimum atomic E-state index is -0.929. The van der Waals surface area contributed by atoms with Crippen molar-refractivity contribution in [2.24, 2.45) is 5.73 Å². The van der Waals surface area contributed by atoms with Crippen LogP contribution in [0.25, 0.3) is 0 Å². The maximum absolute atomic E-state index is 12.6. The average molecular weight is 276 g/mol. The van der Waals surface area contributed by atoms with Gasteiger partial charge in [0.15, 0.2) is 0 Å². The molecule has 0 saturated carbocycles. The van der Waals surface area contributed by atoms with E-state index in [0.29, 0.717) is 13.0 Å². The number of carboxylic acid groups (broad SMARTS) is 1. The highest BCUT2D eigenvalue weighted by molar-refractivity contribution is 5.88. The van der Waals surface area contributed by atoms with Gasteiger partial charge in [-0.25, -0.2) is 4.79 Å². The van der Waals surface area contributed by atoms with E-state index in [2.05, 4.69) is 0 Å². The molecule has 1 heterocycles. The van der Waals surface area contributed by atoms with Crippen molar-refractivity contribution in [2.75, 3.05) is 13.1 Å². The van der Waals surface area contributed by atoms with E-state index in [9.17, 15) is 14.7 Å². The minimum absolute atomic E-state index is 0.175. The third kappa shape index (κ3) is 2.99. The van der Waals surface area contributed by atoms with Crippen LogP contribution in [0.5, 0.6) is 0 Å². The molecule has 1 aliphatic heterocycles. The normalized spacial score (nSPS) is 20.4. The van der Waals surface area contributed by atoms with E-state index in [1.165, 1.54) is 4.90 Å². The van der Waals surface area contributed by atoms with Crippen LogP contribution in [0.4, 0.5) is 0 Å². The summed E-state index contributed by atoms with van der Waals surface area (Å²) in [5, 5.41) is 9.26. The number of carbonyl (C=O) groups is 2. The monoisotopic (exact) mass is 276 g/mol. The van der Waals surface area contributed by atoms with Crippen molar-refractivity contribution in [3.05, 3.63) is 35.9 Å². The number of benzene rings is 1. The lowest BCUT2D eigenvalue weighted by molar-refractivity contribution is -0.152. The van der Waals surface area contributed by atoms with Gasteiger partial charge in [0.25, 0.3) is 0 Å². The Hall–Kier alpha value is -1.88. The molecule has 0 aliphatic carbocycles. The molecular formula is C15H20N2O3. The van der Waals surface area contributed by atoms with Gasteiger partial charge in [-0.05, 0) is 24.8 Å². The highest BCUT2D eigenvalue weighted by Crippen LogP contribution is 2.24. The predicted molar refractivity (Wildman–Crippen MR) is 75.2 cm³/mol. The molecule has 1 aliphatic rings. The highest BCUT2D eigenvalue weighted by atomic mass is 16.4. The zero-order chi connectivity index (χ0) is 14.5. The van der Waals surface area contributed by atoms with Gasteiger partial charge >= 0.3 is 5.97 Å². The standard InChI is InChI=1S/C15H20N2O3/c16-10-12(11-6-2-1-3-7-11)14(18)17-9-5-4-8-13(17)15(19)20/h1-3,6-7,12-13H,4-5,8-10,16H2,(H,19,20)/t12?,13-/m0/s1. The summed E-state index contributed by atoms with van der Waals surface area (Å²) in [6.07, 6.45) is 2.22. The minimum Gasteiger partial charge on any atom is -0.480 e. The smallest absolute Gasteiger partial charge is 0.326 e. The van der Waals surface area contributed by atoms with E-state index in [1.54, 1.807) is 0 Å². The number of likely N-dealkylation sites (tertiary alicyclic amines) is 1. The van der Waals surface area contributed by atoms with Crippen molar-refractivity contribution in [2.45, 2.75) is 31.2 Å². The summed E-state index contributed by atoms with van der Waals surface area (Å²) in [5.41, 5.74) is 6.58. The quantitative estimate of drug-likeness (QED) is 0.865.